The number of rotatable bonds is 6. The predicted octanol–water partition coefficient (Wildman–Crippen LogP) is 6.66. The Hall–Kier alpha value is -4.12. The Morgan fingerprint density at radius 3 is 2.14 bits per heavy atom. The van der Waals surface area contributed by atoms with Crippen LogP contribution < -0.4 is 10.2 Å². The highest BCUT2D eigenvalue weighted by Gasteiger charge is 2.36. The molecule has 1 N–H and O–H groups in total. The van der Waals surface area contributed by atoms with Crippen molar-refractivity contribution >= 4 is 22.5 Å². The predicted molar refractivity (Wildman–Crippen MR) is 149 cm³/mol. The van der Waals surface area contributed by atoms with E-state index < -0.39 is 29.4 Å². The van der Waals surface area contributed by atoms with Crippen LogP contribution >= 0.6 is 0 Å². The van der Waals surface area contributed by atoms with Crippen molar-refractivity contribution in [3.8, 4) is 11.1 Å². The standard InChI is InChI=1S/C31H28F6N4O/c1-40-11-13-41(14-12-40)28-18-26(25-8-4-6-21-5-2-3-7-24(21)25)27(19-39-28)29(42)38-10-9-20-15-22(30(32,33)34)17-23(16-20)31(35,36)37/h2-8,15-19H,9-14H2,1H3,(H,38,42). The molecule has 11 heteroatoms. The van der Waals surface area contributed by atoms with Crippen molar-refractivity contribution in [1.29, 1.82) is 0 Å². The van der Waals surface area contributed by atoms with Crippen molar-refractivity contribution < 1.29 is 31.1 Å². The van der Waals surface area contributed by atoms with Crippen LogP contribution in [0.5, 0.6) is 0 Å². The summed E-state index contributed by atoms with van der Waals surface area (Å²) in [6.45, 7) is 3.08. The van der Waals surface area contributed by atoms with E-state index in [2.05, 4.69) is 20.1 Å². The topological polar surface area (TPSA) is 48.5 Å². The number of carbonyl (C=O) groups is 1. The van der Waals surface area contributed by atoms with Crippen LogP contribution in [0, 0.1) is 0 Å². The average Bonchev–Trinajstić information content (AvgIpc) is 2.96. The minimum Gasteiger partial charge on any atom is -0.354 e. The van der Waals surface area contributed by atoms with E-state index in [9.17, 15) is 31.1 Å². The first kappa shape index (κ1) is 29.4. The number of alkyl halides is 6. The van der Waals surface area contributed by atoms with Gasteiger partial charge in [-0.2, -0.15) is 26.3 Å². The van der Waals surface area contributed by atoms with Crippen LogP contribution in [-0.4, -0.2) is 55.6 Å². The molecule has 4 aromatic rings. The van der Waals surface area contributed by atoms with Crippen LogP contribution in [0.3, 0.4) is 0 Å². The van der Waals surface area contributed by atoms with Gasteiger partial charge in [0.2, 0.25) is 0 Å². The van der Waals surface area contributed by atoms with Crippen molar-refractivity contribution in [2.24, 2.45) is 0 Å². The van der Waals surface area contributed by atoms with Crippen molar-refractivity contribution in [3.63, 3.8) is 0 Å². The lowest BCUT2D eigenvalue weighted by Gasteiger charge is -2.33. The fraction of sp³-hybridized carbons (Fsp3) is 0.290. The molecule has 5 rings (SSSR count). The van der Waals surface area contributed by atoms with Gasteiger partial charge in [0, 0.05) is 44.5 Å². The van der Waals surface area contributed by atoms with Gasteiger partial charge in [0.1, 0.15) is 5.82 Å². The Morgan fingerprint density at radius 1 is 0.833 bits per heavy atom. The minimum atomic E-state index is -4.94. The van der Waals surface area contributed by atoms with E-state index in [0.29, 0.717) is 23.5 Å². The first-order valence-corrected chi connectivity index (χ1v) is 13.4. The highest BCUT2D eigenvalue weighted by atomic mass is 19.4. The number of hydrogen-bond acceptors (Lipinski definition) is 4. The van der Waals surface area contributed by atoms with Crippen molar-refractivity contribution in [1.82, 2.24) is 15.2 Å². The number of hydrogen-bond donors (Lipinski definition) is 1. The Bertz CT molecular complexity index is 1560. The molecule has 220 valence electrons. The normalized spacial score (nSPS) is 14.8. The molecule has 1 fully saturated rings. The molecule has 1 amide bonds. The molecule has 1 aromatic heterocycles. The van der Waals surface area contributed by atoms with Crippen LogP contribution in [0.25, 0.3) is 21.9 Å². The molecule has 1 aliphatic rings. The zero-order valence-corrected chi connectivity index (χ0v) is 22.7. The van der Waals surface area contributed by atoms with Gasteiger partial charge in [0.05, 0.1) is 16.7 Å². The van der Waals surface area contributed by atoms with E-state index in [4.69, 9.17) is 0 Å². The first-order valence-electron chi connectivity index (χ1n) is 13.4. The zero-order valence-electron chi connectivity index (χ0n) is 22.7. The van der Waals surface area contributed by atoms with Gasteiger partial charge in [-0.25, -0.2) is 4.98 Å². The maximum absolute atomic E-state index is 13.4. The third-order valence-corrected chi connectivity index (χ3v) is 7.39. The Morgan fingerprint density at radius 2 is 1.48 bits per heavy atom. The van der Waals surface area contributed by atoms with Crippen LogP contribution in [-0.2, 0) is 18.8 Å². The van der Waals surface area contributed by atoms with Crippen LogP contribution in [0.2, 0.25) is 0 Å². The molecule has 0 aliphatic carbocycles. The number of aromatic nitrogens is 1. The molecule has 0 radical (unpaired) electrons. The lowest BCUT2D eigenvalue weighted by Crippen LogP contribution is -2.44. The second-order valence-corrected chi connectivity index (χ2v) is 10.3. The van der Waals surface area contributed by atoms with E-state index in [1.807, 2.05) is 55.6 Å². The van der Waals surface area contributed by atoms with Crippen LogP contribution in [0.15, 0.2) is 72.9 Å². The van der Waals surface area contributed by atoms with E-state index in [1.54, 1.807) is 0 Å². The highest BCUT2D eigenvalue weighted by molar-refractivity contribution is 6.06. The first-order chi connectivity index (χ1) is 19.9. The zero-order chi connectivity index (χ0) is 30.1. The highest BCUT2D eigenvalue weighted by Crippen LogP contribution is 2.37. The number of fused-ring (bicyclic) bond motifs is 1. The van der Waals surface area contributed by atoms with Gasteiger partial charge >= 0.3 is 12.4 Å². The molecule has 5 nitrogen and oxygen atoms in total. The number of benzene rings is 3. The Balaban J connectivity index is 1.44. The maximum Gasteiger partial charge on any atom is 0.416 e. The number of nitrogens with zero attached hydrogens (tertiary/aromatic N) is 3. The van der Waals surface area contributed by atoms with Crippen molar-refractivity contribution in [3.05, 3.63) is 95.2 Å². The fourth-order valence-corrected chi connectivity index (χ4v) is 5.10. The summed E-state index contributed by atoms with van der Waals surface area (Å²) in [6, 6.07) is 16.8. The molecule has 0 spiro atoms. The third-order valence-electron chi connectivity index (χ3n) is 7.39. The van der Waals surface area contributed by atoms with Crippen LogP contribution in [0.4, 0.5) is 32.2 Å². The molecule has 3 aromatic carbocycles. The summed E-state index contributed by atoms with van der Waals surface area (Å²) in [5, 5.41) is 4.57. The van der Waals surface area contributed by atoms with E-state index in [-0.39, 0.29) is 30.2 Å². The number of piperazine rings is 1. The van der Waals surface area contributed by atoms with E-state index >= 15 is 0 Å². The van der Waals surface area contributed by atoms with Gasteiger partial charge in [-0.15, -0.1) is 0 Å². The number of pyridine rings is 1. The molecule has 2 heterocycles. The molecule has 1 saturated heterocycles. The number of halogens is 6. The van der Waals surface area contributed by atoms with Gasteiger partial charge in [0.15, 0.2) is 0 Å². The second-order valence-electron chi connectivity index (χ2n) is 10.3. The van der Waals surface area contributed by atoms with E-state index in [1.165, 1.54) is 6.20 Å². The van der Waals surface area contributed by atoms with Crippen molar-refractivity contribution in [2.75, 3.05) is 44.7 Å². The molecule has 1 aliphatic heterocycles. The quantitative estimate of drug-likeness (QED) is 0.257. The summed E-state index contributed by atoms with van der Waals surface area (Å²) in [4.78, 5) is 22.3. The Kier molecular flexibility index (Phi) is 8.14. The third kappa shape index (κ3) is 6.51. The monoisotopic (exact) mass is 586 g/mol. The smallest absolute Gasteiger partial charge is 0.354 e. The molecule has 0 unspecified atom stereocenters. The van der Waals surface area contributed by atoms with Gasteiger partial charge in [-0.05, 0) is 59.6 Å². The van der Waals surface area contributed by atoms with Crippen LogP contribution in [0.1, 0.15) is 27.0 Å². The van der Waals surface area contributed by atoms with Gasteiger partial charge in [-0.1, -0.05) is 42.5 Å². The lowest BCUT2D eigenvalue weighted by molar-refractivity contribution is -0.143. The molecule has 42 heavy (non-hydrogen) atoms. The SMILES string of the molecule is CN1CCN(c2cc(-c3cccc4ccccc34)c(C(=O)NCCc3cc(C(F)(F)F)cc(C(F)(F)F)c3)cn2)CC1. The Labute approximate surface area is 238 Å². The molecular weight excluding hydrogens is 558 g/mol. The van der Waals surface area contributed by atoms with Crippen molar-refractivity contribution in [2.45, 2.75) is 18.8 Å². The number of amides is 1. The molecule has 0 saturated carbocycles. The lowest BCUT2D eigenvalue weighted by atomic mass is 9.95. The number of carbonyl (C=O) groups excluding carboxylic acids is 1. The van der Waals surface area contributed by atoms with Gasteiger partial charge in [-0.3, -0.25) is 4.79 Å². The van der Waals surface area contributed by atoms with Gasteiger partial charge < -0.3 is 15.1 Å². The summed E-state index contributed by atoms with van der Waals surface area (Å²) in [5.41, 5.74) is -1.27. The summed E-state index contributed by atoms with van der Waals surface area (Å²) in [5.74, 6) is 0.185. The number of anilines is 1. The van der Waals surface area contributed by atoms with E-state index in [0.717, 1.165) is 42.5 Å². The van der Waals surface area contributed by atoms with Gasteiger partial charge in [0.25, 0.3) is 5.91 Å². The molecular formula is C31H28F6N4O. The summed E-state index contributed by atoms with van der Waals surface area (Å²) in [6.07, 6.45) is -8.63. The molecule has 0 bridgehead atoms. The number of likely N-dealkylation sites (N-methyl/N-ethyl adjacent to an activating group) is 1. The summed E-state index contributed by atoms with van der Waals surface area (Å²) >= 11 is 0. The summed E-state index contributed by atoms with van der Waals surface area (Å²) in [7, 11) is 2.04. The maximum atomic E-state index is 13.4. The molecule has 0 atom stereocenters. The average molecular weight is 587 g/mol. The second kappa shape index (κ2) is 11.6. The minimum absolute atomic E-state index is 0.0894. The largest absolute Gasteiger partial charge is 0.416 e. The fourth-order valence-electron chi connectivity index (χ4n) is 5.10. The number of nitrogens with one attached hydrogen (secondary N) is 1. The summed E-state index contributed by atoms with van der Waals surface area (Å²) < 4.78 is 79.6.